The Bertz CT molecular complexity index is 941. The van der Waals surface area contributed by atoms with Gasteiger partial charge in [0.05, 0.1) is 23.2 Å². The number of hydrogen-bond acceptors (Lipinski definition) is 5. The predicted molar refractivity (Wildman–Crippen MR) is 98.8 cm³/mol. The number of rotatable bonds is 4. The number of nitro groups is 1. The number of alkyl halides is 3. The first-order valence-electron chi connectivity index (χ1n) is 8.76. The molecule has 2 N–H and O–H groups in total. The van der Waals surface area contributed by atoms with Crippen LogP contribution in [0.3, 0.4) is 0 Å². The molecule has 3 rings (SSSR count). The third-order valence-corrected chi connectivity index (χ3v) is 4.56. The molecular formula is C19H18F3N3O4. The molecule has 10 heteroatoms. The molecule has 1 atom stereocenters. The van der Waals surface area contributed by atoms with Gasteiger partial charge in [-0.15, -0.1) is 0 Å². The molecule has 1 aliphatic heterocycles. The van der Waals surface area contributed by atoms with E-state index in [4.69, 9.17) is 4.74 Å². The summed E-state index contributed by atoms with van der Waals surface area (Å²) in [5, 5.41) is 16.4. The molecule has 0 spiro atoms. The number of anilines is 1. The van der Waals surface area contributed by atoms with E-state index in [0.717, 1.165) is 12.1 Å². The van der Waals surface area contributed by atoms with Gasteiger partial charge in [-0.1, -0.05) is 12.1 Å². The molecule has 2 aromatic carbocycles. The lowest BCUT2D eigenvalue weighted by Gasteiger charge is -2.26. The van der Waals surface area contributed by atoms with E-state index in [9.17, 15) is 28.1 Å². The molecule has 0 radical (unpaired) electrons. The largest absolute Gasteiger partial charge is 0.416 e. The first-order chi connectivity index (χ1) is 13.7. The van der Waals surface area contributed by atoms with Crippen molar-refractivity contribution in [3.05, 3.63) is 68.8 Å². The Balaban J connectivity index is 1.88. The number of nitrogens with one attached hydrogen (secondary N) is 2. The Kier molecular flexibility index (Phi) is 5.85. The molecule has 0 saturated carbocycles. The number of morpholine rings is 1. The van der Waals surface area contributed by atoms with Crippen LogP contribution in [-0.4, -0.2) is 30.5 Å². The minimum Gasteiger partial charge on any atom is -0.371 e. The van der Waals surface area contributed by atoms with Crippen molar-refractivity contribution in [1.29, 1.82) is 0 Å². The molecule has 154 valence electrons. The number of hydrogen-bond donors (Lipinski definition) is 2. The van der Waals surface area contributed by atoms with Gasteiger partial charge in [-0.3, -0.25) is 14.9 Å². The average Bonchev–Trinajstić information content (AvgIpc) is 2.68. The third kappa shape index (κ3) is 4.72. The molecule has 1 unspecified atom stereocenters. The van der Waals surface area contributed by atoms with Gasteiger partial charge >= 0.3 is 6.18 Å². The van der Waals surface area contributed by atoms with Gasteiger partial charge in [0.1, 0.15) is 0 Å². The molecule has 0 bridgehead atoms. The molecule has 0 aromatic heterocycles. The van der Waals surface area contributed by atoms with E-state index in [1.165, 1.54) is 31.2 Å². The zero-order valence-electron chi connectivity index (χ0n) is 15.4. The molecule has 1 aliphatic rings. The Hall–Kier alpha value is -2.98. The van der Waals surface area contributed by atoms with Crippen molar-refractivity contribution in [2.24, 2.45) is 0 Å². The lowest BCUT2D eigenvalue weighted by molar-refractivity contribution is -0.385. The monoisotopic (exact) mass is 409 g/mol. The summed E-state index contributed by atoms with van der Waals surface area (Å²) in [4.78, 5) is 22.8. The summed E-state index contributed by atoms with van der Waals surface area (Å²) in [5.74, 6) is -0.746. The predicted octanol–water partition coefficient (Wildman–Crippen LogP) is 3.84. The number of aryl methyl sites for hydroxylation is 1. The fraction of sp³-hybridized carbons (Fsp3) is 0.316. The van der Waals surface area contributed by atoms with E-state index in [0.29, 0.717) is 18.7 Å². The van der Waals surface area contributed by atoms with E-state index in [1.54, 1.807) is 0 Å². The van der Waals surface area contributed by atoms with Crippen molar-refractivity contribution in [3.63, 3.8) is 0 Å². The van der Waals surface area contributed by atoms with Crippen LogP contribution >= 0.6 is 0 Å². The Labute approximate surface area is 164 Å². The van der Waals surface area contributed by atoms with E-state index >= 15 is 0 Å². The van der Waals surface area contributed by atoms with Crippen LogP contribution in [0.15, 0.2) is 36.4 Å². The summed E-state index contributed by atoms with van der Waals surface area (Å²) < 4.78 is 46.1. The lowest BCUT2D eigenvalue weighted by atomic mass is 10.00. The number of benzene rings is 2. The summed E-state index contributed by atoms with van der Waals surface area (Å²) in [6, 6.07) is 7.33. The maximum absolute atomic E-state index is 13.6. The highest BCUT2D eigenvalue weighted by atomic mass is 19.4. The van der Waals surface area contributed by atoms with Gasteiger partial charge in [0, 0.05) is 36.0 Å². The SMILES string of the molecule is Cc1ccc(C(=O)Nc2ccc(C3CNCCO3)c(C(F)(F)F)c2)cc1[N+](=O)[O-]. The second-order valence-electron chi connectivity index (χ2n) is 6.58. The second kappa shape index (κ2) is 8.18. The van der Waals surface area contributed by atoms with Crippen molar-refractivity contribution < 1.29 is 27.6 Å². The lowest BCUT2D eigenvalue weighted by Crippen LogP contribution is -2.34. The fourth-order valence-corrected chi connectivity index (χ4v) is 3.08. The van der Waals surface area contributed by atoms with Gasteiger partial charge in [-0.05, 0) is 30.7 Å². The minimum absolute atomic E-state index is 0.0197. The van der Waals surface area contributed by atoms with Crippen LogP contribution in [0.25, 0.3) is 0 Å². The van der Waals surface area contributed by atoms with Crippen LogP contribution < -0.4 is 10.6 Å². The maximum Gasteiger partial charge on any atom is 0.416 e. The molecule has 1 saturated heterocycles. The molecule has 1 heterocycles. The molecule has 0 aliphatic carbocycles. The van der Waals surface area contributed by atoms with Crippen LogP contribution in [0.5, 0.6) is 0 Å². The topological polar surface area (TPSA) is 93.5 Å². The zero-order valence-corrected chi connectivity index (χ0v) is 15.4. The first kappa shape index (κ1) is 20.7. The number of carbonyl (C=O) groups excluding carboxylic acids is 1. The molecule has 7 nitrogen and oxygen atoms in total. The number of nitro benzene ring substituents is 1. The smallest absolute Gasteiger partial charge is 0.371 e. The summed E-state index contributed by atoms with van der Waals surface area (Å²) in [6.07, 6.45) is -5.38. The van der Waals surface area contributed by atoms with E-state index in [-0.39, 0.29) is 29.0 Å². The first-order valence-corrected chi connectivity index (χ1v) is 8.76. The molecule has 1 fully saturated rings. The van der Waals surface area contributed by atoms with Crippen LogP contribution in [-0.2, 0) is 10.9 Å². The Morgan fingerprint density at radius 1 is 1.28 bits per heavy atom. The van der Waals surface area contributed by atoms with Crippen LogP contribution in [0.4, 0.5) is 24.5 Å². The standard InChI is InChI=1S/C19H18F3N3O4/c1-11-2-3-12(8-16(11)25(27)28)18(26)24-13-4-5-14(15(9-13)19(20,21)22)17-10-23-6-7-29-17/h2-5,8-9,17,23H,6-7,10H2,1H3,(H,24,26). The summed E-state index contributed by atoms with van der Waals surface area (Å²) in [7, 11) is 0. The highest BCUT2D eigenvalue weighted by molar-refractivity contribution is 6.04. The highest BCUT2D eigenvalue weighted by Gasteiger charge is 2.36. The summed E-state index contributed by atoms with van der Waals surface area (Å²) in [6.45, 7) is 2.64. The minimum atomic E-state index is -4.64. The molecule has 2 aromatic rings. The fourth-order valence-electron chi connectivity index (χ4n) is 3.08. The van der Waals surface area contributed by atoms with Crippen molar-refractivity contribution in [2.45, 2.75) is 19.2 Å². The van der Waals surface area contributed by atoms with Gasteiger partial charge in [0.2, 0.25) is 0 Å². The number of nitrogens with zero attached hydrogens (tertiary/aromatic N) is 1. The highest BCUT2D eigenvalue weighted by Crippen LogP contribution is 2.37. The summed E-state index contributed by atoms with van der Waals surface area (Å²) in [5.41, 5.74) is -0.896. The van der Waals surface area contributed by atoms with Gasteiger partial charge in [-0.2, -0.15) is 13.2 Å². The molecule has 29 heavy (non-hydrogen) atoms. The summed E-state index contributed by atoms with van der Waals surface area (Å²) >= 11 is 0. The number of carbonyl (C=O) groups is 1. The van der Waals surface area contributed by atoms with E-state index in [1.807, 2.05) is 0 Å². The van der Waals surface area contributed by atoms with Gasteiger partial charge in [-0.25, -0.2) is 0 Å². The van der Waals surface area contributed by atoms with Gasteiger partial charge < -0.3 is 15.4 Å². The number of ether oxygens (including phenoxy) is 1. The van der Waals surface area contributed by atoms with E-state index in [2.05, 4.69) is 10.6 Å². The van der Waals surface area contributed by atoms with Crippen LogP contribution in [0.2, 0.25) is 0 Å². The van der Waals surface area contributed by atoms with Crippen LogP contribution in [0.1, 0.15) is 33.2 Å². The molecule has 1 amide bonds. The van der Waals surface area contributed by atoms with Crippen molar-refractivity contribution >= 4 is 17.3 Å². The number of amides is 1. The van der Waals surface area contributed by atoms with Crippen molar-refractivity contribution in [1.82, 2.24) is 5.32 Å². The van der Waals surface area contributed by atoms with Crippen LogP contribution in [0, 0.1) is 17.0 Å². The average molecular weight is 409 g/mol. The normalized spacial score (nSPS) is 17.0. The van der Waals surface area contributed by atoms with Crippen molar-refractivity contribution in [2.75, 3.05) is 25.0 Å². The Morgan fingerprint density at radius 3 is 2.66 bits per heavy atom. The van der Waals surface area contributed by atoms with Gasteiger partial charge in [0.25, 0.3) is 11.6 Å². The maximum atomic E-state index is 13.6. The van der Waals surface area contributed by atoms with E-state index < -0.39 is 28.7 Å². The second-order valence-corrected chi connectivity index (χ2v) is 6.58. The quantitative estimate of drug-likeness (QED) is 0.591. The third-order valence-electron chi connectivity index (χ3n) is 4.56. The number of halogens is 3. The van der Waals surface area contributed by atoms with Gasteiger partial charge in [0.15, 0.2) is 0 Å². The van der Waals surface area contributed by atoms with Crippen molar-refractivity contribution in [3.8, 4) is 0 Å². The zero-order chi connectivity index (χ0) is 21.2. The molecular weight excluding hydrogens is 391 g/mol. The Morgan fingerprint density at radius 2 is 2.03 bits per heavy atom.